The summed E-state index contributed by atoms with van der Waals surface area (Å²) in [5.74, 6) is 0.647. The first-order chi connectivity index (χ1) is 12.3. The normalized spacial score (nSPS) is 11.3. The molecule has 0 saturated heterocycles. The Bertz CT molecular complexity index is 756. The highest BCUT2D eigenvalue weighted by atomic mass is 16.5. The molecule has 0 saturated carbocycles. The molecule has 1 unspecified atom stereocenters. The van der Waals surface area contributed by atoms with E-state index in [1.807, 2.05) is 58.9 Å². The Morgan fingerprint density at radius 3 is 2.35 bits per heavy atom. The van der Waals surface area contributed by atoms with Gasteiger partial charge in [-0.3, -0.25) is 4.79 Å². The monoisotopic (exact) mass is 359 g/mol. The Balaban J connectivity index is 0.00000163. The van der Waals surface area contributed by atoms with Gasteiger partial charge in [0.2, 0.25) is 0 Å². The van der Waals surface area contributed by atoms with Crippen molar-refractivity contribution in [1.29, 1.82) is 0 Å². The van der Waals surface area contributed by atoms with Crippen LogP contribution in [0.15, 0.2) is 30.3 Å². The lowest BCUT2D eigenvalue weighted by atomic mass is 10.0. The second-order valence-electron chi connectivity index (χ2n) is 5.95. The number of nitrogens with two attached hydrogens (primary N) is 1. The highest BCUT2D eigenvalue weighted by Crippen LogP contribution is 2.32. The molecule has 0 fully saturated rings. The quantitative estimate of drug-likeness (QED) is 0.713. The fraction of sp³-hybridized carbons (Fsp3) is 0.381. The molecule has 0 aliphatic carbocycles. The Labute approximate surface area is 155 Å². The molecule has 2 rings (SSSR count). The zero-order valence-electron chi connectivity index (χ0n) is 16.2. The summed E-state index contributed by atoms with van der Waals surface area (Å²) in [6, 6.07) is 8.22. The third-order valence-electron chi connectivity index (χ3n) is 3.97. The number of phenolic OH excluding ortho intramolecular Hbond substituents is 1. The number of carbonyl (C=O) groups is 1. The molecule has 142 valence electrons. The second-order valence-corrected chi connectivity index (χ2v) is 5.95. The van der Waals surface area contributed by atoms with Crippen molar-refractivity contribution in [3.63, 3.8) is 0 Å². The number of benzene rings is 2. The van der Waals surface area contributed by atoms with E-state index in [2.05, 4.69) is 0 Å². The molecule has 0 bridgehead atoms. The van der Waals surface area contributed by atoms with Crippen LogP contribution in [0.5, 0.6) is 17.2 Å². The predicted octanol–water partition coefficient (Wildman–Crippen LogP) is 4.34. The average Bonchev–Trinajstić information content (AvgIpc) is 2.61. The molecule has 0 amide bonds. The molecule has 0 aliphatic rings. The van der Waals surface area contributed by atoms with Gasteiger partial charge in [-0.05, 0) is 67.1 Å². The van der Waals surface area contributed by atoms with Crippen molar-refractivity contribution in [3.8, 4) is 17.2 Å². The van der Waals surface area contributed by atoms with Gasteiger partial charge in [0.15, 0.2) is 0 Å². The molecule has 5 nitrogen and oxygen atoms in total. The molecule has 0 heterocycles. The lowest BCUT2D eigenvalue weighted by Crippen LogP contribution is -2.32. The van der Waals surface area contributed by atoms with Gasteiger partial charge < -0.3 is 20.7 Å². The van der Waals surface area contributed by atoms with E-state index >= 15 is 0 Å². The minimum absolute atomic E-state index is 0.273. The molecular formula is C21H29NO4. The first-order valence-electron chi connectivity index (χ1n) is 8.90. The van der Waals surface area contributed by atoms with Gasteiger partial charge in [0.05, 0.1) is 0 Å². The fourth-order valence-corrected chi connectivity index (χ4v) is 2.57. The number of carboxylic acids is 1. The summed E-state index contributed by atoms with van der Waals surface area (Å²) in [4.78, 5) is 10.8. The molecule has 26 heavy (non-hydrogen) atoms. The Morgan fingerprint density at radius 1 is 1.15 bits per heavy atom. The van der Waals surface area contributed by atoms with Crippen molar-refractivity contribution in [2.24, 2.45) is 5.73 Å². The Hall–Kier alpha value is -2.53. The number of aliphatic carboxylic acids is 1. The Kier molecular flexibility index (Phi) is 8.13. The number of ether oxygens (including phenoxy) is 1. The van der Waals surface area contributed by atoms with Gasteiger partial charge in [0.1, 0.15) is 23.3 Å². The van der Waals surface area contributed by atoms with Crippen LogP contribution in [-0.4, -0.2) is 22.2 Å². The number of aryl methyl sites for hydroxylation is 3. The summed E-state index contributed by atoms with van der Waals surface area (Å²) in [5.41, 5.74) is 8.93. The van der Waals surface area contributed by atoms with Crippen LogP contribution in [0, 0.1) is 13.8 Å². The summed E-state index contributed by atoms with van der Waals surface area (Å²) in [7, 11) is 0. The summed E-state index contributed by atoms with van der Waals surface area (Å²) >= 11 is 0. The Morgan fingerprint density at radius 2 is 1.81 bits per heavy atom. The molecule has 1 atom stereocenters. The van der Waals surface area contributed by atoms with E-state index in [0.717, 1.165) is 28.7 Å². The van der Waals surface area contributed by atoms with Crippen molar-refractivity contribution >= 4 is 5.97 Å². The molecule has 2 aromatic rings. The SMILES string of the molecule is CC.CCc1cc(Oc2ccc(CC(N)C(=O)O)cc2C)cc(C)c1O. The standard InChI is InChI=1S/C19H23NO4.C2H6/c1-4-14-10-15(8-12(3)18(14)21)24-17-6-5-13(7-11(17)2)9-16(20)19(22)23;1-2/h5-8,10,16,21H,4,9,20H2,1-3H3,(H,22,23);1-2H3. The summed E-state index contributed by atoms with van der Waals surface area (Å²) in [6.07, 6.45) is 0.990. The molecule has 0 spiro atoms. The highest BCUT2D eigenvalue weighted by molar-refractivity contribution is 5.73. The molecule has 4 N–H and O–H groups in total. The van der Waals surface area contributed by atoms with E-state index in [1.165, 1.54) is 0 Å². The van der Waals surface area contributed by atoms with Crippen molar-refractivity contribution in [2.75, 3.05) is 0 Å². The highest BCUT2D eigenvalue weighted by Gasteiger charge is 2.13. The van der Waals surface area contributed by atoms with Gasteiger partial charge in [-0.1, -0.05) is 32.9 Å². The zero-order chi connectivity index (χ0) is 19.9. The van der Waals surface area contributed by atoms with Gasteiger partial charge in [-0.15, -0.1) is 0 Å². The van der Waals surface area contributed by atoms with Crippen LogP contribution in [0.3, 0.4) is 0 Å². The van der Waals surface area contributed by atoms with Gasteiger partial charge in [0, 0.05) is 0 Å². The largest absolute Gasteiger partial charge is 0.507 e. The first-order valence-corrected chi connectivity index (χ1v) is 8.90. The summed E-state index contributed by atoms with van der Waals surface area (Å²) in [6.45, 7) is 9.72. The predicted molar refractivity (Wildman–Crippen MR) is 104 cm³/mol. The van der Waals surface area contributed by atoms with Crippen LogP contribution < -0.4 is 10.5 Å². The number of hydrogen-bond acceptors (Lipinski definition) is 4. The number of phenols is 1. The third kappa shape index (κ3) is 5.49. The number of aromatic hydroxyl groups is 1. The van der Waals surface area contributed by atoms with Crippen LogP contribution >= 0.6 is 0 Å². The topological polar surface area (TPSA) is 92.8 Å². The third-order valence-corrected chi connectivity index (χ3v) is 3.97. The lowest BCUT2D eigenvalue weighted by molar-refractivity contribution is -0.138. The average molecular weight is 359 g/mol. The molecule has 0 radical (unpaired) electrons. The van der Waals surface area contributed by atoms with Crippen molar-refractivity contribution < 1.29 is 19.7 Å². The van der Waals surface area contributed by atoms with E-state index in [4.69, 9.17) is 15.6 Å². The smallest absolute Gasteiger partial charge is 0.320 e. The maximum atomic E-state index is 10.8. The molecule has 2 aromatic carbocycles. The maximum Gasteiger partial charge on any atom is 0.320 e. The minimum Gasteiger partial charge on any atom is -0.507 e. The van der Waals surface area contributed by atoms with E-state index in [1.54, 1.807) is 6.07 Å². The fourth-order valence-electron chi connectivity index (χ4n) is 2.57. The zero-order valence-corrected chi connectivity index (χ0v) is 16.2. The summed E-state index contributed by atoms with van der Waals surface area (Å²) < 4.78 is 5.94. The van der Waals surface area contributed by atoms with Crippen LogP contribution in [0.1, 0.15) is 43.0 Å². The van der Waals surface area contributed by atoms with Crippen molar-refractivity contribution in [3.05, 3.63) is 52.6 Å². The lowest BCUT2D eigenvalue weighted by Gasteiger charge is -2.14. The molecular weight excluding hydrogens is 330 g/mol. The van der Waals surface area contributed by atoms with Crippen LogP contribution in [0.2, 0.25) is 0 Å². The first kappa shape index (κ1) is 21.5. The number of hydrogen-bond donors (Lipinski definition) is 3. The van der Waals surface area contributed by atoms with Gasteiger partial charge >= 0.3 is 5.97 Å². The number of rotatable bonds is 6. The van der Waals surface area contributed by atoms with E-state index in [0.29, 0.717) is 17.2 Å². The van der Waals surface area contributed by atoms with E-state index < -0.39 is 12.0 Å². The van der Waals surface area contributed by atoms with Crippen molar-refractivity contribution in [1.82, 2.24) is 0 Å². The second kappa shape index (κ2) is 9.82. The maximum absolute atomic E-state index is 10.8. The van der Waals surface area contributed by atoms with Crippen molar-refractivity contribution in [2.45, 2.75) is 53.5 Å². The minimum atomic E-state index is -1.01. The van der Waals surface area contributed by atoms with Gasteiger partial charge in [-0.25, -0.2) is 0 Å². The van der Waals surface area contributed by atoms with Gasteiger partial charge in [0.25, 0.3) is 0 Å². The van der Waals surface area contributed by atoms with E-state index in [9.17, 15) is 9.90 Å². The molecule has 0 aromatic heterocycles. The summed E-state index contributed by atoms with van der Waals surface area (Å²) in [5, 5.41) is 18.9. The van der Waals surface area contributed by atoms with Gasteiger partial charge in [-0.2, -0.15) is 0 Å². The molecule has 5 heteroatoms. The number of carboxylic acid groups (broad SMARTS) is 1. The van der Waals surface area contributed by atoms with Crippen LogP contribution in [0.4, 0.5) is 0 Å². The van der Waals surface area contributed by atoms with Crippen LogP contribution in [-0.2, 0) is 17.6 Å². The van der Waals surface area contributed by atoms with Crippen LogP contribution in [0.25, 0.3) is 0 Å². The van der Waals surface area contributed by atoms with E-state index in [-0.39, 0.29) is 6.42 Å². The molecule has 0 aliphatic heterocycles.